The lowest BCUT2D eigenvalue weighted by molar-refractivity contribution is -0.118. The van der Waals surface area contributed by atoms with Gasteiger partial charge in [0, 0.05) is 16.8 Å². The first-order valence-electron chi connectivity index (χ1n) is 7.36. The predicted octanol–water partition coefficient (Wildman–Crippen LogP) is 3.99. The molecule has 0 atom stereocenters. The number of hydrogen-bond acceptors (Lipinski definition) is 4. The van der Waals surface area contributed by atoms with Gasteiger partial charge >= 0.3 is 0 Å². The maximum atomic E-state index is 12.0. The molecule has 6 heteroatoms. The Balaban J connectivity index is 1.99. The Morgan fingerprint density at radius 1 is 1.04 bits per heavy atom. The zero-order valence-corrected chi connectivity index (χ0v) is 14.9. The molecule has 5 nitrogen and oxygen atoms in total. The van der Waals surface area contributed by atoms with E-state index < -0.39 is 0 Å². The van der Waals surface area contributed by atoms with E-state index in [1.807, 2.05) is 13.8 Å². The van der Waals surface area contributed by atoms with E-state index in [1.165, 1.54) is 7.11 Å². The van der Waals surface area contributed by atoms with Crippen molar-refractivity contribution in [3.05, 3.63) is 46.5 Å². The van der Waals surface area contributed by atoms with Gasteiger partial charge in [-0.25, -0.2) is 0 Å². The van der Waals surface area contributed by atoms with Crippen molar-refractivity contribution in [3.8, 4) is 17.2 Å². The average molecular weight is 350 g/mol. The predicted molar refractivity (Wildman–Crippen MR) is 94.6 cm³/mol. The summed E-state index contributed by atoms with van der Waals surface area (Å²) in [7, 11) is 3.10. The summed E-state index contributed by atoms with van der Waals surface area (Å²) in [5.41, 5.74) is 2.42. The number of carbonyl (C=O) groups is 1. The van der Waals surface area contributed by atoms with Crippen molar-refractivity contribution in [2.75, 3.05) is 26.1 Å². The molecule has 0 heterocycles. The summed E-state index contributed by atoms with van der Waals surface area (Å²) < 4.78 is 15.9. The minimum atomic E-state index is -0.271. The highest BCUT2D eigenvalue weighted by molar-refractivity contribution is 6.32. The van der Waals surface area contributed by atoms with Crippen molar-refractivity contribution >= 4 is 23.2 Å². The number of ether oxygens (including phenoxy) is 3. The Hall–Kier alpha value is -2.40. The van der Waals surface area contributed by atoms with E-state index in [4.69, 9.17) is 25.8 Å². The number of aryl methyl sites for hydroxylation is 2. The summed E-state index contributed by atoms with van der Waals surface area (Å²) in [4.78, 5) is 12.0. The lowest BCUT2D eigenvalue weighted by atomic mass is 10.1. The highest BCUT2D eigenvalue weighted by atomic mass is 35.5. The molecule has 2 aromatic carbocycles. The van der Waals surface area contributed by atoms with Gasteiger partial charge in [0.2, 0.25) is 0 Å². The second-order valence-electron chi connectivity index (χ2n) is 5.28. The van der Waals surface area contributed by atoms with E-state index in [9.17, 15) is 4.79 Å². The molecule has 24 heavy (non-hydrogen) atoms. The van der Waals surface area contributed by atoms with Crippen molar-refractivity contribution < 1.29 is 19.0 Å². The van der Waals surface area contributed by atoms with Crippen LogP contribution >= 0.6 is 11.6 Å². The molecular weight excluding hydrogens is 330 g/mol. The van der Waals surface area contributed by atoms with Crippen LogP contribution in [0.4, 0.5) is 5.69 Å². The molecule has 0 saturated carbocycles. The summed E-state index contributed by atoms with van der Waals surface area (Å²) in [6.07, 6.45) is 0. The lowest BCUT2D eigenvalue weighted by Crippen LogP contribution is -2.20. The molecule has 0 fully saturated rings. The van der Waals surface area contributed by atoms with Crippen LogP contribution in [0.3, 0.4) is 0 Å². The van der Waals surface area contributed by atoms with Gasteiger partial charge < -0.3 is 19.5 Å². The molecule has 2 rings (SSSR count). The molecule has 0 saturated heterocycles. The minimum absolute atomic E-state index is 0.102. The SMILES string of the molecule is COc1ccc(NC(=O)COc2cc(C)c(Cl)c(C)c2)cc1OC. The summed E-state index contributed by atoms with van der Waals surface area (Å²) in [5, 5.41) is 3.46. The van der Waals surface area contributed by atoms with Gasteiger partial charge in [-0.15, -0.1) is 0 Å². The second-order valence-corrected chi connectivity index (χ2v) is 5.66. The number of amides is 1. The van der Waals surface area contributed by atoms with Gasteiger partial charge in [-0.1, -0.05) is 11.6 Å². The summed E-state index contributed by atoms with van der Waals surface area (Å²) in [6, 6.07) is 8.75. The van der Waals surface area contributed by atoms with Crippen LogP contribution in [0.15, 0.2) is 30.3 Å². The zero-order chi connectivity index (χ0) is 17.7. The fourth-order valence-corrected chi connectivity index (χ4v) is 2.36. The van der Waals surface area contributed by atoms with Crippen LogP contribution in [0.2, 0.25) is 5.02 Å². The third kappa shape index (κ3) is 4.32. The van der Waals surface area contributed by atoms with E-state index >= 15 is 0 Å². The van der Waals surface area contributed by atoms with E-state index in [2.05, 4.69) is 5.32 Å². The number of benzene rings is 2. The Bertz CT molecular complexity index is 723. The fourth-order valence-electron chi connectivity index (χ4n) is 2.25. The van der Waals surface area contributed by atoms with Crippen molar-refractivity contribution in [2.45, 2.75) is 13.8 Å². The van der Waals surface area contributed by atoms with Crippen LogP contribution < -0.4 is 19.5 Å². The first kappa shape index (κ1) is 17.9. The number of methoxy groups -OCH3 is 2. The Kier molecular flexibility index (Phi) is 5.93. The standard InChI is InChI=1S/C18H20ClNO4/c1-11-7-14(8-12(2)18(11)19)24-10-17(21)20-13-5-6-15(22-3)16(9-13)23-4/h5-9H,10H2,1-4H3,(H,20,21). The highest BCUT2D eigenvalue weighted by Gasteiger charge is 2.09. The first-order chi connectivity index (χ1) is 11.4. The second kappa shape index (κ2) is 7.93. The molecule has 0 bridgehead atoms. The molecular formula is C18H20ClNO4. The fraction of sp³-hybridized carbons (Fsp3) is 0.278. The number of nitrogens with one attached hydrogen (secondary N) is 1. The summed E-state index contributed by atoms with van der Waals surface area (Å²) in [6.45, 7) is 3.69. The molecule has 0 unspecified atom stereocenters. The van der Waals surface area contributed by atoms with E-state index in [1.54, 1.807) is 37.4 Å². The van der Waals surface area contributed by atoms with Crippen LogP contribution in [0.5, 0.6) is 17.2 Å². The van der Waals surface area contributed by atoms with E-state index in [0.717, 1.165) is 11.1 Å². The van der Waals surface area contributed by atoms with Crippen LogP contribution in [0, 0.1) is 13.8 Å². The number of halogens is 1. The van der Waals surface area contributed by atoms with Crippen LogP contribution in [0.1, 0.15) is 11.1 Å². The minimum Gasteiger partial charge on any atom is -0.493 e. The molecule has 0 spiro atoms. The monoisotopic (exact) mass is 349 g/mol. The number of rotatable bonds is 6. The molecule has 0 aliphatic rings. The zero-order valence-electron chi connectivity index (χ0n) is 14.1. The van der Waals surface area contributed by atoms with Gasteiger partial charge in [0.1, 0.15) is 5.75 Å². The van der Waals surface area contributed by atoms with Gasteiger partial charge in [0.05, 0.1) is 14.2 Å². The Labute approximate surface area is 146 Å². The van der Waals surface area contributed by atoms with E-state index in [-0.39, 0.29) is 12.5 Å². The molecule has 2 aromatic rings. The first-order valence-corrected chi connectivity index (χ1v) is 7.73. The maximum absolute atomic E-state index is 12.0. The van der Waals surface area contributed by atoms with Crippen molar-refractivity contribution in [3.63, 3.8) is 0 Å². The van der Waals surface area contributed by atoms with Gasteiger partial charge in [-0.3, -0.25) is 4.79 Å². The Morgan fingerprint density at radius 2 is 1.67 bits per heavy atom. The van der Waals surface area contributed by atoms with Crippen LogP contribution in [-0.4, -0.2) is 26.7 Å². The highest BCUT2D eigenvalue weighted by Crippen LogP contribution is 2.30. The van der Waals surface area contributed by atoms with Gasteiger partial charge in [-0.2, -0.15) is 0 Å². The molecule has 128 valence electrons. The van der Waals surface area contributed by atoms with Crippen molar-refractivity contribution in [1.82, 2.24) is 0 Å². The van der Waals surface area contributed by atoms with Gasteiger partial charge in [0.25, 0.3) is 5.91 Å². The van der Waals surface area contributed by atoms with Crippen molar-refractivity contribution in [1.29, 1.82) is 0 Å². The smallest absolute Gasteiger partial charge is 0.262 e. The van der Waals surface area contributed by atoms with E-state index in [0.29, 0.717) is 28.0 Å². The van der Waals surface area contributed by atoms with Crippen LogP contribution in [0.25, 0.3) is 0 Å². The maximum Gasteiger partial charge on any atom is 0.262 e. The third-order valence-corrected chi connectivity index (χ3v) is 4.04. The third-order valence-electron chi connectivity index (χ3n) is 3.45. The lowest BCUT2D eigenvalue weighted by Gasteiger charge is -2.12. The van der Waals surface area contributed by atoms with Gasteiger partial charge in [0.15, 0.2) is 18.1 Å². The normalized spacial score (nSPS) is 10.2. The molecule has 0 aliphatic heterocycles. The molecule has 1 amide bonds. The number of carbonyl (C=O) groups excluding carboxylic acids is 1. The van der Waals surface area contributed by atoms with Crippen molar-refractivity contribution in [2.24, 2.45) is 0 Å². The molecule has 0 aliphatic carbocycles. The quantitative estimate of drug-likeness (QED) is 0.856. The molecule has 1 N–H and O–H groups in total. The largest absolute Gasteiger partial charge is 0.493 e. The number of hydrogen-bond donors (Lipinski definition) is 1. The Morgan fingerprint density at radius 3 is 2.25 bits per heavy atom. The average Bonchev–Trinajstić information content (AvgIpc) is 2.57. The number of anilines is 1. The summed E-state index contributed by atoms with van der Waals surface area (Å²) in [5.74, 6) is 1.48. The topological polar surface area (TPSA) is 56.8 Å². The summed E-state index contributed by atoms with van der Waals surface area (Å²) >= 11 is 6.12. The van der Waals surface area contributed by atoms with Gasteiger partial charge in [-0.05, 0) is 49.2 Å². The van der Waals surface area contributed by atoms with Crippen LogP contribution in [-0.2, 0) is 4.79 Å². The molecule has 0 radical (unpaired) electrons. The molecule has 0 aromatic heterocycles.